The molecule has 1 amide bonds. The van der Waals surface area contributed by atoms with Crippen LogP contribution in [0.2, 0.25) is 0 Å². The van der Waals surface area contributed by atoms with Gasteiger partial charge in [0.05, 0.1) is 38.5 Å². The summed E-state index contributed by atoms with van der Waals surface area (Å²) < 4.78 is 85.7. The SMILES string of the molecule is CCOP(=O)(NC1(C(=O)OC)CC1)Oc1c2n(ccc1=O)N([C@@H]1c3ccccc3-c3scc4c3-c3c1ccc(F)c3C(F)(F)C4)[C@@H]1COCCN1C2=O. The van der Waals surface area contributed by atoms with Gasteiger partial charge in [-0.2, -0.15) is 5.09 Å². The second kappa shape index (κ2) is 12.0. The van der Waals surface area contributed by atoms with Crippen molar-refractivity contribution in [3.05, 3.63) is 98.0 Å². The van der Waals surface area contributed by atoms with Gasteiger partial charge in [-0.1, -0.05) is 30.3 Å². The topological polar surface area (TPSA) is 129 Å². The summed E-state index contributed by atoms with van der Waals surface area (Å²) in [4.78, 5) is 43.1. The molecule has 5 aliphatic rings. The lowest BCUT2D eigenvalue weighted by molar-refractivity contribution is -0.143. The van der Waals surface area contributed by atoms with Gasteiger partial charge in [-0.15, -0.1) is 11.3 Å². The highest BCUT2D eigenvalue weighted by Crippen LogP contribution is 2.58. The van der Waals surface area contributed by atoms with E-state index in [9.17, 15) is 18.9 Å². The summed E-state index contributed by atoms with van der Waals surface area (Å²) >= 11 is 1.31. The number of esters is 1. The monoisotopic (exact) mass is 768 g/mol. The second-order valence-electron chi connectivity index (χ2n) is 13.6. The molecule has 4 heterocycles. The van der Waals surface area contributed by atoms with Crippen molar-refractivity contribution in [2.45, 2.75) is 49.9 Å². The summed E-state index contributed by atoms with van der Waals surface area (Å²) in [6.45, 7) is 1.65. The van der Waals surface area contributed by atoms with Crippen molar-refractivity contribution in [3.63, 3.8) is 0 Å². The highest BCUT2D eigenvalue weighted by molar-refractivity contribution is 7.52. The number of hydrogen-bond acceptors (Lipinski definition) is 10. The summed E-state index contributed by atoms with van der Waals surface area (Å²) in [6.07, 6.45) is 0.400. The molecule has 1 saturated heterocycles. The number of nitrogens with zero attached hydrogens (tertiary/aromatic N) is 3. The van der Waals surface area contributed by atoms with Crippen molar-refractivity contribution in [3.8, 4) is 27.3 Å². The molecule has 1 N–H and O–H groups in total. The van der Waals surface area contributed by atoms with E-state index in [0.29, 0.717) is 27.1 Å². The Kier molecular flexibility index (Phi) is 7.78. The van der Waals surface area contributed by atoms with Gasteiger partial charge in [-0.3, -0.25) is 28.6 Å². The lowest BCUT2D eigenvalue weighted by atomic mass is 9.80. The lowest BCUT2D eigenvalue weighted by Crippen LogP contribution is -2.66. The first kappa shape index (κ1) is 34.3. The van der Waals surface area contributed by atoms with Crippen molar-refractivity contribution in [1.82, 2.24) is 14.7 Å². The average molecular weight is 769 g/mol. The number of alkyl halides is 2. The molecule has 4 aromatic rings. The van der Waals surface area contributed by atoms with E-state index in [4.69, 9.17) is 18.5 Å². The summed E-state index contributed by atoms with van der Waals surface area (Å²) in [7, 11) is -3.34. The average Bonchev–Trinajstić information content (AvgIpc) is 3.82. The Bertz CT molecular complexity index is 2340. The zero-order valence-electron chi connectivity index (χ0n) is 28.4. The van der Waals surface area contributed by atoms with E-state index in [1.54, 1.807) is 17.3 Å². The van der Waals surface area contributed by atoms with Gasteiger partial charge in [-0.25, -0.2) is 17.7 Å². The molecular weight excluding hydrogens is 736 g/mol. The molecule has 53 heavy (non-hydrogen) atoms. The van der Waals surface area contributed by atoms with Crippen LogP contribution in [0.1, 0.15) is 58.5 Å². The molecule has 2 aliphatic heterocycles. The number of benzene rings is 2. The number of morpholine rings is 1. The molecule has 2 aromatic heterocycles. The lowest BCUT2D eigenvalue weighted by Gasteiger charge is -2.51. The van der Waals surface area contributed by atoms with Gasteiger partial charge in [0.25, 0.3) is 11.8 Å². The third kappa shape index (κ3) is 5.06. The molecular formula is C36H32F3N4O8PS. The van der Waals surface area contributed by atoms with Gasteiger partial charge in [-0.05, 0) is 53.5 Å². The Morgan fingerprint density at radius 3 is 2.66 bits per heavy atom. The Hall–Kier alpha value is -4.47. The van der Waals surface area contributed by atoms with Gasteiger partial charge >= 0.3 is 13.7 Å². The number of aromatic nitrogens is 1. The zero-order valence-corrected chi connectivity index (χ0v) is 30.1. The van der Waals surface area contributed by atoms with Gasteiger partial charge in [0.15, 0.2) is 5.69 Å². The molecule has 2 aromatic carbocycles. The number of methoxy groups -OCH3 is 1. The largest absolute Gasteiger partial charge is 0.468 e. The number of nitrogens with one attached hydrogen (secondary N) is 1. The van der Waals surface area contributed by atoms with E-state index >= 15 is 13.2 Å². The van der Waals surface area contributed by atoms with Crippen LogP contribution < -0.4 is 20.0 Å². The van der Waals surface area contributed by atoms with Crippen molar-refractivity contribution in [1.29, 1.82) is 0 Å². The first-order valence-corrected chi connectivity index (χ1v) is 19.5. The quantitative estimate of drug-likeness (QED) is 0.176. The number of hydrogen-bond donors (Lipinski definition) is 1. The van der Waals surface area contributed by atoms with E-state index in [1.807, 2.05) is 24.3 Å². The molecule has 0 spiro atoms. The molecule has 3 aliphatic carbocycles. The molecule has 9 rings (SSSR count). The van der Waals surface area contributed by atoms with E-state index in [2.05, 4.69) is 5.09 Å². The van der Waals surface area contributed by atoms with Crippen LogP contribution in [0.25, 0.3) is 21.6 Å². The number of thiophene rings is 1. The summed E-state index contributed by atoms with van der Waals surface area (Å²) in [5.41, 5.74) is -0.390. The predicted octanol–water partition coefficient (Wildman–Crippen LogP) is 5.70. The van der Waals surface area contributed by atoms with Gasteiger partial charge in [0.1, 0.15) is 17.5 Å². The molecule has 0 radical (unpaired) electrons. The maximum Gasteiger partial charge on any atom is 0.459 e. The third-order valence-corrected chi connectivity index (χ3v) is 13.3. The Morgan fingerprint density at radius 2 is 1.91 bits per heavy atom. The number of rotatable bonds is 8. The molecule has 17 heteroatoms. The van der Waals surface area contributed by atoms with E-state index in [0.717, 1.165) is 17.7 Å². The van der Waals surface area contributed by atoms with Crippen LogP contribution in [0, 0.1) is 5.82 Å². The predicted molar refractivity (Wildman–Crippen MR) is 186 cm³/mol. The standard InChI is InChI=1S/C36H32F3N4O8PS/c1-3-50-52(47,40-35(11-12-35)34(46)48-2)51-31-24(44)10-13-42-30(31)33(45)41-14-15-49-17-25(41)43(42)29-20-6-4-5-7-21(20)32-26-19(18-53-32)16-36(38,39)28-23(37)9-8-22(29)27(26)28/h4-10,13,18,25,29H,3,11-12,14-17H2,1-2H3,(H,40,47)/t25-,29-,52?/m1/s1. The Balaban J connectivity index is 1.28. The van der Waals surface area contributed by atoms with E-state index in [1.165, 1.54) is 40.3 Å². The minimum atomic E-state index is -4.53. The van der Waals surface area contributed by atoms with Crippen molar-refractivity contribution < 1.29 is 45.8 Å². The maximum atomic E-state index is 16.0. The molecule has 12 nitrogen and oxygen atoms in total. The summed E-state index contributed by atoms with van der Waals surface area (Å²) in [6, 6.07) is 10.1. The van der Waals surface area contributed by atoms with Crippen molar-refractivity contribution in [2.24, 2.45) is 0 Å². The first-order chi connectivity index (χ1) is 25.4. The molecule has 2 fully saturated rings. The highest BCUT2D eigenvalue weighted by atomic mass is 32.1. The fourth-order valence-electron chi connectivity index (χ4n) is 8.09. The minimum Gasteiger partial charge on any atom is -0.468 e. The van der Waals surface area contributed by atoms with Gasteiger partial charge in [0, 0.05) is 41.2 Å². The Morgan fingerprint density at radius 1 is 1.11 bits per heavy atom. The number of amides is 1. The number of ether oxygens (including phenoxy) is 2. The van der Waals surface area contributed by atoms with Crippen LogP contribution in [0.4, 0.5) is 13.2 Å². The molecule has 1 unspecified atom stereocenters. The van der Waals surface area contributed by atoms with Crippen LogP contribution in [0.15, 0.2) is 58.8 Å². The van der Waals surface area contributed by atoms with Crippen LogP contribution in [0.3, 0.4) is 0 Å². The zero-order chi connectivity index (χ0) is 37.0. The number of halogens is 3. The summed E-state index contributed by atoms with van der Waals surface area (Å²) in [5.74, 6) is -6.48. The fourth-order valence-corrected chi connectivity index (χ4v) is 11.0. The van der Waals surface area contributed by atoms with Gasteiger partial charge < -0.3 is 18.9 Å². The second-order valence-corrected chi connectivity index (χ2v) is 16.1. The Labute approximate surface area is 304 Å². The van der Waals surface area contributed by atoms with Crippen LogP contribution in [0.5, 0.6) is 5.75 Å². The maximum absolute atomic E-state index is 16.0. The van der Waals surface area contributed by atoms with Crippen molar-refractivity contribution >= 4 is 31.0 Å². The van der Waals surface area contributed by atoms with Crippen LogP contribution >= 0.6 is 19.1 Å². The first-order valence-electron chi connectivity index (χ1n) is 17.1. The number of carbonyl (C=O) groups is 2. The van der Waals surface area contributed by atoms with E-state index < -0.39 is 72.3 Å². The van der Waals surface area contributed by atoms with Gasteiger partial charge in [0.2, 0.25) is 11.2 Å². The molecule has 0 bridgehead atoms. The number of pyridine rings is 1. The van der Waals surface area contributed by atoms with E-state index in [-0.39, 0.29) is 50.5 Å². The minimum absolute atomic E-state index is 0.000597. The number of carbonyl (C=O) groups excluding carboxylic acids is 2. The smallest absolute Gasteiger partial charge is 0.459 e. The fraction of sp³-hybridized carbons (Fsp3) is 0.361. The van der Waals surface area contributed by atoms with Crippen molar-refractivity contribution in [2.75, 3.05) is 38.5 Å². The summed E-state index contributed by atoms with van der Waals surface area (Å²) in [5, 5.41) is 6.10. The van der Waals surface area contributed by atoms with Crippen LogP contribution in [-0.4, -0.2) is 66.6 Å². The molecule has 1 saturated carbocycles. The molecule has 276 valence electrons. The highest BCUT2D eigenvalue weighted by Gasteiger charge is 2.57. The third-order valence-electron chi connectivity index (χ3n) is 10.5. The molecule has 3 atom stereocenters. The normalized spacial score (nSPS) is 22.4. The van der Waals surface area contributed by atoms with Crippen LogP contribution in [-0.2, 0) is 35.7 Å². The number of fused-ring (bicyclic) bond motifs is 4.